The Morgan fingerprint density at radius 1 is 1.24 bits per heavy atom. The molecule has 0 aliphatic carbocycles. The molecule has 110 valence electrons. The quantitative estimate of drug-likeness (QED) is 0.925. The molecule has 1 aliphatic heterocycles. The molecule has 0 fully saturated rings. The predicted octanol–water partition coefficient (Wildman–Crippen LogP) is 2.25. The van der Waals surface area contributed by atoms with Gasteiger partial charge in [-0.3, -0.25) is 0 Å². The van der Waals surface area contributed by atoms with Gasteiger partial charge in [-0.15, -0.1) is 0 Å². The number of alkyl halides is 3. The maximum atomic E-state index is 12.6. The highest BCUT2D eigenvalue weighted by Gasteiger charge is 2.60. The summed E-state index contributed by atoms with van der Waals surface area (Å²) < 4.78 is 39.6. The number of halogens is 3. The molecule has 1 unspecified atom stereocenters. The summed E-state index contributed by atoms with van der Waals surface area (Å²) in [5.74, 6) is -3.24. The van der Waals surface area contributed by atoms with Gasteiger partial charge < -0.3 is 14.5 Å². The molecule has 21 heavy (non-hydrogen) atoms. The summed E-state index contributed by atoms with van der Waals surface area (Å²) >= 11 is 0. The van der Waals surface area contributed by atoms with Crippen LogP contribution in [0.3, 0.4) is 0 Å². The van der Waals surface area contributed by atoms with Crippen LogP contribution in [-0.2, 0) is 4.84 Å². The van der Waals surface area contributed by atoms with Crippen molar-refractivity contribution in [1.29, 1.82) is 0 Å². The molecule has 8 heteroatoms. The Kier molecular flexibility index (Phi) is 2.98. The van der Waals surface area contributed by atoms with Crippen molar-refractivity contribution in [3.63, 3.8) is 0 Å². The number of aromatic nitrogens is 2. The summed E-state index contributed by atoms with van der Waals surface area (Å²) in [6.07, 6.45) is -0.663. The molecule has 3 rings (SSSR count). The number of imidazole rings is 1. The lowest BCUT2D eigenvalue weighted by atomic mass is 10.0. The molecule has 1 aromatic heterocycles. The Morgan fingerprint density at radius 3 is 2.48 bits per heavy atom. The number of benzene rings is 1. The first-order valence-electron chi connectivity index (χ1n) is 6.02. The van der Waals surface area contributed by atoms with Crippen molar-refractivity contribution in [2.45, 2.75) is 18.4 Å². The molecular formula is C13H10F3N3O2. The molecule has 2 aromatic rings. The Balaban J connectivity index is 1.80. The highest BCUT2D eigenvalue weighted by Crippen LogP contribution is 2.38. The Morgan fingerprint density at radius 2 is 1.95 bits per heavy atom. The average molecular weight is 297 g/mol. The molecule has 0 amide bonds. The first kappa shape index (κ1) is 13.6. The van der Waals surface area contributed by atoms with Crippen molar-refractivity contribution in [2.24, 2.45) is 5.16 Å². The zero-order chi connectivity index (χ0) is 15.1. The molecular weight excluding hydrogens is 287 g/mol. The van der Waals surface area contributed by atoms with Crippen LogP contribution in [0.5, 0.6) is 0 Å². The molecule has 1 atom stereocenters. The van der Waals surface area contributed by atoms with Gasteiger partial charge in [0.1, 0.15) is 0 Å². The summed E-state index contributed by atoms with van der Waals surface area (Å²) in [7, 11) is 0. The molecule has 1 aromatic carbocycles. The van der Waals surface area contributed by atoms with E-state index in [0.29, 0.717) is 5.56 Å². The van der Waals surface area contributed by atoms with Gasteiger partial charge in [0.2, 0.25) is 0 Å². The van der Waals surface area contributed by atoms with Crippen molar-refractivity contribution in [3.8, 4) is 5.69 Å². The van der Waals surface area contributed by atoms with E-state index in [9.17, 15) is 18.3 Å². The lowest BCUT2D eigenvalue weighted by Gasteiger charge is -2.22. The molecule has 0 radical (unpaired) electrons. The number of oxime groups is 1. The average Bonchev–Trinajstić information content (AvgIpc) is 3.08. The highest BCUT2D eigenvalue weighted by molar-refractivity contribution is 6.01. The SMILES string of the molecule is OC1(C(F)(F)F)CC(c2ccc(-n3ccnc3)cc2)=NO1. The lowest BCUT2D eigenvalue weighted by Crippen LogP contribution is -2.45. The fourth-order valence-electron chi connectivity index (χ4n) is 1.97. The second-order valence-electron chi connectivity index (χ2n) is 4.61. The normalized spacial score (nSPS) is 22.0. The first-order valence-corrected chi connectivity index (χ1v) is 6.02. The minimum absolute atomic E-state index is 0.0482. The van der Waals surface area contributed by atoms with Crippen LogP contribution in [0.2, 0.25) is 0 Å². The number of hydrogen-bond donors (Lipinski definition) is 1. The van der Waals surface area contributed by atoms with E-state index in [4.69, 9.17) is 0 Å². The fraction of sp³-hybridized carbons (Fsp3) is 0.231. The van der Waals surface area contributed by atoms with Gasteiger partial charge in [0, 0.05) is 18.1 Å². The van der Waals surface area contributed by atoms with Crippen LogP contribution in [0.15, 0.2) is 48.1 Å². The van der Waals surface area contributed by atoms with Crippen molar-refractivity contribution in [2.75, 3.05) is 0 Å². The van der Waals surface area contributed by atoms with Gasteiger partial charge in [0.15, 0.2) is 0 Å². The standard InChI is InChI=1S/C13H10F3N3O2/c14-13(15,16)12(20)7-11(18-21-12)9-1-3-10(4-2-9)19-6-5-17-8-19/h1-6,8,20H,7H2. The highest BCUT2D eigenvalue weighted by atomic mass is 19.4. The van der Waals surface area contributed by atoms with Crippen molar-refractivity contribution < 1.29 is 23.1 Å². The lowest BCUT2D eigenvalue weighted by molar-refractivity contribution is -0.355. The van der Waals surface area contributed by atoms with Gasteiger partial charge in [-0.05, 0) is 17.7 Å². The maximum Gasteiger partial charge on any atom is 0.458 e. The van der Waals surface area contributed by atoms with Crippen LogP contribution in [0.1, 0.15) is 12.0 Å². The van der Waals surface area contributed by atoms with Crippen molar-refractivity contribution >= 4 is 5.71 Å². The Hall–Kier alpha value is -2.35. The zero-order valence-corrected chi connectivity index (χ0v) is 10.6. The van der Waals surface area contributed by atoms with Gasteiger partial charge in [-0.2, -0.15) is 13.2 Å². The van der Waals surface area contributed by atoms with E-state index in [0.717, 1.165) is 5.69 Å². The molecule has 1 aliphatic rings. The third-order valence-electron chi connectivity index (χ3n) is 3.16. The van der Waals surface area contributed by atoms with Crippen LogP contribution in [0.25, 0.3) is 5.69 Å². The minimum atomic E-state index is -4.89. The van der Waals surface area contributed by atoms with E-state index in [2.05, 4.69) is 15.0 Å². The van der Waals surface area contributed by atoms with Gasteiger partial charge in [-0.25, -0.2) is 4.98 Å². The largest absolute Gasteiger partial charge is 0.458 e. The third-order valence-corrected chi connectivity index (χ3v) is 3.16. The molecule has 2 heterocycles. The molecule has 0 spiro atoms. The monoisotopic (exact) mass is 297 g/mol. The molecule has 1 N–H and O–H groups in total. The summed E-state index contributed by atoms with van der Waals surface area (Å²) in [6, 6.07) is 6.65. The molecule has 0 bridgehead atoms. The van der Waals surface area contributed by atoms with Crippen LogP contribution in [0, 0.1) is 0 Å². The van der Waals surface area contributed by atoms with Crippen molar-refractivity contribution in [3.05, 3.63) is 48.5 Å². The summed E-state index contributed by atoms with van der Waals surface area (Å²) in [5.41, 5.74) is 1.31. The van der Waals surface area contributed by atoms with Crippen molar-refractivity contribution in [1.82, 2.24) is 9.55 Å². The van der Waals surface area contributed by atoms with Gasteiger partial charge >= 0.3 is 12.0 Å². The second kappa shape index (κ2) is 4.59. The van der Waals surface area contributed by atoms with Gasteiger partial charge in [0.25, 0.3) is 0 Å². The first-order chi connectivity index (χ1) is 9.89. The predicted molar refractivity (Wildman–Crippen MR) is 66.8 cm³/mol. The number of aliphatic hydroxyl groups is 1. The maximum absolute atomic E-state index is 12.6. The van der Waals surface area contributed by atoms with E-state index < -0.39 is 18.4 Å². The number of nitrogens with zero attached hydrogens (tertiary/aromatic N) is 3. The summed E-state index contributed by atoms with van der Waals surface area (Å²) in [5, 5.41) is 12.7. The second-order valence-corrected chi connectivity index (χ2v) is 4.61. The van der Waals surface area contributed by atoms with Gasteiger partial charge in [-0.1, -0.05) is 17.3 Å². The number of rotatable bonds is 2. The van der Waals surface area contributed by atoms with Gasteiger partial charge in [0.05, 0.1) is 18.5 Å². The third kappa shape index (κ3) is 2.38. The molecule has 0 saturated carbocycles. The number of hydrogen-bond acceptors (Lipinski definition) is 4. The van der Waals surface area contributed by atoms with E-state index >= 15 is 0 Å². The van der Waals surface area contributed by atoms with E-state index in [1.165, 1.54) is 0 Å². The Labute approximate surface area is 117 Å². The van der Waals surface area contributed by atoms with Crippen LogP contribution in [-0.4, -0.2) is 32.3 Å². The molecule has 0 saturated heterocycles. The minimum Gasteiger partial charge on any atom is -0.350 e. The van der Waals surface area contributed by atoms with Crippen LogP contribution in [0.4, 0.5) is 13.2 Å². The Bertz CT molecular complexity index is 665. The van der Waals surface area contributed by atoms with E-state index in [1.807, 2.05) is 0 Å². The van der Waals surface area contributed by atoms with E-state index in [-0.39, 0.29) is 5.71 Å². The molecule has 5 nitrogen and oxygen atoms in total. The summed E-state index contributed by atoms with van der Waals surface area (Å²) in [6.45, 7) is 0. The summed E-state index contributed by atoms with van der Waals surface area (Å²) in [4.78, 5) is 8.08. The fourth-order valence-corrected chi connectivity index (χ4v) is 1.97. The topological polar surface area (TPSA) is 59.6 Å². The van der Waals surface area contributed by atoms with Crippen LogP contribution >= 0.6 is 0 Å². The van der Waals surface area contributed by atoms with E-state index in [1.54, 1.807) is 47.6 Å². The zero-order valence-electron chi connectivity index (χ0n) is 10.6. The van der Waals surface area contributed by atoms with Crippen LogP contribution < -0.4 is 0 Å². The smallest absolute Gasteiger partial charge is 0.350 e.